The molecule has 0 saturated carbocycles. The molecule has 4 heteroatoms. The number of benzene rings is 1. The first kappa shape index (κ1) is 14.5. The van der Waals surface area contributed by atoms with E-state index >= 15 is 0 Å². The van der Waals surface area contributed by atoms with Gasteiger partial charge >= 0.3 is 0 Å². The first-order valence-electron chi connectivity index (χ1n) is 8.40. The van der Waals surface area contributed by atoms with Crippen LogP contribution >= 0.6 is 0 Å². The number of aliphatic hydroxyl groups is 1. The van der Waals surface area contributed by atoms with Crippen molar-refractivity contribution in [2.45, 2.75) is 57.5 Å². The molecule has 2 N–H and O–H groups in total. The molecule has 0 spiro atoms. The van der Waals surface area contributed by atoms with Gasteiger partial charge in [0.15, 0.2) is 0 Å². The van der Waals surface area contributed by atoms with Crippen LogP contribution in [-0.2, 0) is 17.8 Å². The van der Waals surface area contributed by atoms with Gasteiger partial charge in [-0.1, -0.05) is 13.8 Å². The largest absolute Gasteiger partial charge is 0.508 e. The van der Waals surface area contributed by atoms with Gasteiger partial charge in [0.25, 0.3) is 0 Å². The number of fused-ring (bicyclic) bond motifs is 4. The van der Waals surface area contributed by atoms with E-state index in [4.69, 9.17) is 4.74 Å². The fourth-order valence-corrected chi connectivity index (χ4v) is 4.56. The minimum Gasteiger partial charge on any atom is -0.508 e. The molecule has 3 atom stereocenters. The lowest BCUT2D eigenvalue weighted by Crippen LogP contribution is -2.47. The van der Waals surface area contributed by atoms with Crippen molar-refractivity contribution >= 4 is 0 Å². The molecule has 0 bridgehead atoms. The molecule has 0 aromatic heterocycles. The summed E-state index contributed by atoms with van der Waals surface area (Å²) in [6.07, 6.45) is 3.53. The highest BCUT2D eigenvalue weighted by molar-refractivity contribution is 5.45. The van der Waals surface area contributed by atoms with Crippen LogP contribution in [-0.4, -0.2) is 39.9 Å². The Hall–Kier alpha value is -1.10. The number of ether oxygens (including phenoxy) is 1. The number of nitrogens with zero attached hydrogens (tertiary/aromatic N) is 1. The van der Waals surface area contributed by atoms with Gasteiger partial charge in [-0.25, -0.2) is 0 Å². The number of phenols is 1. The molecule has 2 saturated heterocycles. The Morgan fingerprint density at radius 2 is 2.23 bits per heavy atom. The van der Waals surface area contributed by atoms with Gasteiger partial charge in [0, 0.05) is 24.7 Å². The first-order chi connectivity index (χ1) is 10.5. The second kappa shape index (κ2) is 4.95. The minimum atomic E-state index is -0.108. The zero-order chi connectivity index (χ0) is 15.5. The highest BCUT2D eigenvalue weighted by Crippen LogP contribution is 2.53. The Morgan fingerprint density at radius 1 is 1.41 bits per heavy atom. The van der Waals surface area contributed by atoms with Crippen molar-refractivity contribution in [3.8, 4) is 5.75 Å². The van der Waals surface area contributed by atoms with Crippen LogP contribution in [0.3, 0.4) is 0 Å². The highest BCUT2D eigenvalue weighted by Gasteiger charge is 2.61. The summed E-state index contributed by atoms with van der Waals surface area (Å²) in [4.78, 5) is 2.55. The van der Waals surface area contributed by atoms with E-state index in [1.54, 1.807) is 0 Å². The van der Waals surface area contributed by atoms with Crippen molar-refractivity contribution in [3.63, 3.8) is 0 Å². The van der Waals surface area contributed by atoms with Gasteiger partial charge in [0.2, 0.25) is 0 Å². The van der Waals surface area contributed by atoms with Crippen molar-refractivity contribution in [2.24, 2.45) is 5.92 Å². The van der Waals surface area contributed by atoms with Gasteiger partial charge in [-0.05, 0) is 48.4 Å². The third kappa shape index (κ3) is 2.16. The summed E-state index contributed by atoms with van der Waals surface area (Å²) in [6, 6.07) is 4.23. The molecule has 2 unspecified atom stereocenters. The normalized spacial score (nSPS) is 33.3. The van der Waals surface area contributed by atoms with Crippen molar-refractivity contribution in [1.29, 1.82) is 0 Å². The first-order valence-corrected chi connectivity index (χ1v) is 8.40. The van der Waals surface area contributed by atoms with E-state index < -0.39 is 0 Å². The molecular formula is C18H25NO3. The summed E-state index contributed by atoms with van der Waals surface area (Å²) >= 11 is 0. The minimum absolute atomic E-state index is 0.0961. The monoisotopic (exact) mass is 303 g/mol. The second-order valence-electron chi connectivity index (χ2n) is 7.58. The van der Waals surface area contributed by atoms with Gasteiger partial charge in [-0.15, -0.1) is 0 Å². The maximum absolute atomic E-state index is 9.96. The van der Waals surface area contributed by atoms with E-state index in [-0.39, 0.29) is 18.0 Å². The van der Waals surface area contributed by atoms with Crippen molar-refractivity contribution in [2.75, 3.05) is 13.1 Å². The highest BCUT2D eigenvalue weighted by atomic mass is 16.6. The van der Waals surface area contributed by atoms with Gasteiger partial charge in [-0.3, -0.25) is 4.90 Å². The summed E-state index contributed by atoms with van der Waals surface area (Å²) in [7, 11) is 0. The lowest BCUT2D eigenvalue weighted by molar-refractivity contribution is 0.112. The van der Waals surface area contributed by atoms with E-state index in [2.05, 4.69) is 18.7 Å². The van der Waals surface area contributed by atoms with Crippen LogP contribution in [0, 0.1) is 5.92 Å². The Labute approximate surface area is 131 Å². The maximum atomic E-state index is 9.96. The van der Waals surface area contributed by atoms with Crippen LogP contribution < -0.4 is 0 Å². The molecule has 0 amide bonds. The molecule has 22 heavy (non-hydrogen) atoms. The Kier molecular flexibility index (Phi) is 3.26. The molecule has 3 heterocycles. The van der Waals surface area contributed by atoms with Crippen LogP contribution in [0.1, 0.15) is 49.4 Å². The summed E-state index contributed by atoms with van der Waals surface area (Å²) in [5.74, 6) is 0.888. The molecule has 4 nitrogen and oxygen atoms in total. The summed E-state index contributed by atoms with van der Waals surface area (Å²) in [5.41, 5.74) is 3.24. The van der Waals surface area contributed by atoms with Gasteiger partial charge in [-0.2, -0.15) is 0 Å². The average molecular weight is 303 g/mol. The number of hydrogen-bond donors (Lipinski definition) is 2. The molecule has 2 fully saturated rings. The smallest absolute Gasteiger partial charge is 0.121 e. The van der Waals surface area contributed by atoms with Crippen molar-refractivity contribution < 1.29 is 14.9 Å². The van der Waals surface area contributed by atoms with Crippen LogP contribution in [0.4, 0.5) is 0 Å². The van der Waals surface area contributed by atoms with Gasteiger partial charge in [0.05, 0.1) is 12.7 Å². The molecule has 1 aromatic rings. The lowest BCUT2D eigenvalue weighted by Gasteiger charge is -2.42. The number of aliphatic hydroxyl groups excluding tert-OH is 1. The fourth-order valence-electron chi connectivity index (χ4n) is 4.56. The molecule has 3 aliphatic heterocycles. The second-order valence-corrected chi connectivity index (χ2v) is 7.58. The summed E-state index contributed by atoms with van der Waals surface area (Å²) < 4.78 is 6.12. The summed E-state index contributed by atoms with van der Waals surface area (Å²) in [5, 5.41) is 19.4. The van der Waals surface area contributed by atoms with Crippen molar-refractivity contribution in [1.82, 2.24) is 4.90 Å². The van der Waals surface area contributed by atoms with Crippen molar-refractivity contribution in [3.05, 3.63) is 28.8 Å². The maximum Gasteiger partial charge on any atom is 0.121 e. The summed E-state index contributed by atoms with van der Waals surface area (Å²) in [6.45, 7) is 6.48. The molecule has 4 rings (SSSR count). The number of aromatic hydroxyl groups is 1. The Morgan fingerprint density at radius 3 is 2.95 bits per heavy atom. The van der Waals surface area contributed by atoms with Gasteiger partial charge < -0.3 is 14.9 Å². The molecule has 1 aromatic carbocycles. The lowest BCUT2D eigenvalue weighted by atomic mass is 9.80. The zero-order valence-corrected chi connectivity index (χ0v) is 13.4. The SMILES string of the molecule is CC(C)CC12CN3CCc4cc(O)c(CO)cc4[C@H]3CC1O2. The predicted molar refractivity (Wildman–Crippen MR) is 83.7 cm³/mol. The predicted octanol–water partition coefficient (Wildman–Crippen LogP) is 2.37. The van der Waals surface area contributed by atoms with Gasteiger partial charge in [0.1, 0.15) is 11.4 Å². The number of epoxide rings is 1. The molecule has 3 aliphatic rings. The third-order valence-electron chi connectivity index (χ3n) is 5.55. The van der Waals surface area contributed by atoms with E-state index in [1.165, 1.54) is 11.1 Å². The average Bonchev–Trinajstić information content (AvgIpc) is 3.15. The topological polar surface area (TPSA) is 56.2 Å². The molecule has 120 valence electrons. The van der Waals surface area contributed by atoms with E-state index in [0.29, 0.717) is 23.6 Å². The Balaban J connectivity index is 1.62. The van der Waals surface area contributed by atoms with E-state index in [9.17, 15) is 10.2 Å². The van der Waals surface area contributed by atoms with Crippen LogP contribution in [0.25, 0.3) is 0 Å². The van der Waals surface area contributed by atoms with E-state index in [1.807, 2.05) is 12.1 Å². The number of hydrogen-bond acceptors (Lipinski definition) is 4. The molecule has 0 radical (unpaired) electrons. The quantitative estimate of drug-likeness (QED) is 0.842. The third-order valence-corrected chi connectivity index (χ3v) is 5.55. The number of piperidine rings is 1. The molecular weight excluding hydrogens is 278 g/mol. The fraction of sp³-hybridized carbons (Fsp3) is 0.667. The van der Waals surface area contributed by atoms with Crippen LogP contribution in [0.15, 0.2) is 12.1 Å². The Bertz CT molecular complexity index is 600. The molecule has 0 aliphatic carbocycles. The number of rotatable bonds is 3. The van der Waals surface area contributed by atoms with E-state index in [0.717, 1.165) is 32.4 Å². The van der Waals surface area contributed by atoms with Crippen LogP contribution in [0.5, 0.6) is 5.75 Å². The standard InChI is InChI=1S/C18H25NO3/c1-11(2)8-18-10-19-4-3-12-6-16(21)13(9-20)5-14(12)15(19)7-17(18)22-18/h5-6,11,15,17,20-21H,3-4,7-10H2,1-2H3/t15-,17?,18?/m1/s1. The van der Waals surface area contributed by atoms with Crippen LogP contribution in [0.2, 0.25) is 0 Å². The zero-order valence-electron chi connectivity index (χ0n) is 13.4.